The van der Waals surface area contributed by atoms with Crippen molar-refractivity contribution < 1.29 is 14.0 Å². The lowest BCUT2D eigenvalue weighted by molar-refractivity contribution is -0.120. The van der Waals surface area contributed by atoms with E-state index in [0.29, 0.717) is 22.6 Å². The number of hydrogen-bond acceptors (Lipinski definition) is 4. The second-order valence-corrected chi connectivity index (χ2v) is 8.35. The summed E-state index contributed by atoms with van der Waals surface area (Å²) in [5, 5.41) is 5.40. The first-order valence-corrected chi connectivity index (χ1v) is 11.3. The van der Waals surface area contributed by atoms with Crippen LogP contribution >= 0.6 is 0 Å². The van der Waals surface area contributed by atoms with E-state index in [0.717, 1.165) is 5.56 Å². The number of anilines is 2. The third-order valence-electron chi connectivity index (χ3n) is 5.76. The number of H-pyrrole nitrogens is 1. The SMILES string of the molecule is Cc1cccc(NC(=O)N[C@@H]2N=C(c3ccccc3F)c3ccccc3N(Cc3cnc[nH]3)C2=O)c1. The summed E-state index contributed by atoms with van der Waals surface area (Å²) in [4.78, 5) is 39.8. The minimum Gasteiger partial charge on any atom is -0.347 e. The van der Waals surface area contributed by atoms with Gasteiger partial charge in [-0.1, -0.05) is 42.5 Å². The summed E-state index contributed by atoms with van der Waals surface area (Å²) in [5.74, 6) is -0.953. The van der Waals surface area contributed by atoms with Crippen LogP contribution in [0.3, 0.4) is 0 Å². The van der Waals surface area contributed by atoms with Gasteiger partial charge in [0.15, 0.2) is 0 Å². The number of para-hydroxylation sites is 1. The first kappa shape index (κ1) is 23.0. The number of aryl methyl sites for hydroxylation is 1. The molecule has 0 saturated carbocycles. The number of nitrogens with zero attached hydrogens (tertiary/aromatic N) is 3. The molecule has 0 aliphatic carbocycles. The number of carbonyl (C=O) groups excluding carboxylic acids is 2. The van der Waals surface area contributed by atoms with Crippen LogP contribution in [0.5, 0.6) is 0 Å². The lowest BCUT2D eigenvalue weighted by Crippen LogP contribution is -2.48. The van der Waals surface area contributed by atoms with E-state index in [1.165, 1.54) is 17.3 Å². The molecule has 0 radical (unpaired) electrons. The van der Waals surface area contributed by atoms with Crippen LogP contribution in [0.1, 0.15) is 22.4 Å². The first-order chi connectivity index (χ1) is 17.5. The van der Waals surface area contributed by atoms with Crippen LogP contribution < -0.4 is 15.5 Å². The highest BCUT2D eigenvalue weighted by Crippen LogP contribution is 2.30. The highest BCUT2D eigenvalue weighted by atomic mass is 19.1. The number of urea groups is 1. The number of benzodiazepines with no additional fused rings is 1. The molecule has 1 atom stereocenters. The standard InChI is InChI=1S/C27H23FN6O2/c1-17-7-6-8-18(13-17)31-27(36)33-25-26(35)34(15-19-14-29-16-30-19)23-12-5-3-10-21(23)24(32-25)20-9-2-4-11-22(20)28/h2-14,16,25H,15H2,1H3,(H,29,30)(H2,31,33,36)/t25-/m0/s1. The zero-order chi connectivity index (χ0) is 25.1. The fourth-order valence-electron chi connectivity index (χ4n) is 4.11. The third-order valence-corrected chi connectivity index (χ3v) is 5.76. The Balaban J connectivity index is 1.57. The average molecular weight is 483 g/mol. The number of carbonyl (C=O) groups is 2. The molecule has 1 aromatic heterocycles. The molecular formula is C27H23FN6O2. The van der Waals surface area contributed by atoms with Gasteiger partial charge in [-0.2, -0.15) is 0 Å². The van der Waals surface area contributed by atoms with Gasteiger partial charge in [-0.3, -0.25) is 4.79 Å². The van der Waals surface area contributed by atoms with Crippen LogP contribution in [0, 0.1) is 12.7 Å². The number of aliphatic imine (C=N–C) groups is 1. The van der Waals surface area contributed by atoms with E-state index in [2.05, 4.69) is 25.6 Å². The highest BCUT2D eigenvalue weighted by molar-refractivity contribution is 6.20. The van der Waals surface area contributed by atoms with E-state index in [1.54, 1.807) is 54.7 Å². The number of aromatic nitrogens is 2. The van der Waals surface area contributed by atoms with Gasteiger partial charge in [0.1, 0.15) is 5.82 Å². The van der Waals surface area contributed by atoms with Crippen LogP contribution in [0.25, 0.3) is 0 Å². The van der Waals surface area contributed by atoms with Gasteiger partial charge in [-0.05, 0) is 42.8 Å². The Labute approximate surface area is 206 Å². The van der Waals surface area contributed by atoms with Crippen LogP contribution in [-0.2, 0) is 11.3 Å². The maximum absolute atomic E-state index is 14.9. The van der Waals surface area contributed by atoms with Gasteiger partial charge in [0.25, 0.3) is 5.91 Å². The van der Waals surface area contributed by atoms with Gasteiger partial charge in [-0.15, -0.1) is 0 Å². The Morgan fingerprint density at radius 1 is 1.06 bits per heavy atom. The minimum absolute atomic E-state index is 0.160. The van der Waals surface area contributed by atoms with Crippen LogP contribution in [-0.4, -0.2) is 33.8 Å². The summed E-state index contributed by atoms with van der Waals surface area (Å²) in [7, 11) is 0. The molecule has 3 amide bonds. The monoisotopic (exact) mass is 482 g/mol. The molecule has 8 nitrogen and oxygen atoms in total. The van der Waals surface area contributed by atoms with Gasteiger partial charge in [0.2, 0.25) is 6.17 Å². The molecule has 4 aromatic rings. The molecule has 0 fully saturated rings. The molecule has 0 bridgehead atoms. The van der Waals surface area contributed by atoms with Gasteiger partial charge < -0.3 is 20.5 Å². The van der Waals surface area contributed by atoms with E-state index >= 15 is 0 Å². The largest absolute Gasteiger partial charge is 0.347 e. The Kier molecular flexibility index (Phi) is 6.27. The van der Waals surface area contributed by atoms with Gasteiger partial charge in [0.05, 0.1) is 30.0 Å². The van der Waals surface area contributed by atoms with Crippen molar-refractivity contribution in [2.45, 2.75) is 19.6 Å². The number of fused-ring (bicyclic) bond motifs is 1. The van der Waals surface area contributed by atoms with Crippen molar-refractivity contribution in [3.8, 4) is 0 Å². The van der Waals surface area contributed by atoms with Crippen LogP contribution in [0.2, 0.25) is 0 Å². The Hall–Kier alpha value is -4.79. The smallest absolute Gasteiger partial charge is 0.321 e. The number of rotatable bonds is 5. The van der Waals surface area contributed by atoms with Crippen LogP contribution in [0.4, 0.5) is 20.6 Å². The lowest BCUT2D eigenvalue weighted by Gasteiger charge is -2.25. The molecule has 0 unspecified atom stereocenters. The summed E-state index contributed by atoms with van der Waals surface area (Å²) in [6.45, 7) is 2.07. The fraction of sp³-hybridized carbons (Fsp3) is 0.111. The number of aromatic amines is 1. The number of benzene rings is 3. The molecule has 1 aliphatic heterocycles. The van der Waals surface area contributed by atoms with Crippen molar-refractivity contribution in [1.82, 2.24) is 15.3 Å². The van der Waals surface area contributed by atoms with E-state index in [4.69, 9.17) is 0 Å². The fourth-order valence-corrected chi connectivity index (χ4v) is 4.11. The van der Waals surface area contributed by atoms with Crippen molar-refractivity contribution in [2.24, 2.45) is 4.99 Å². The normalized spacial score (nSPS) is 15.1. The maximum Gasteiger partial charge on any atom is 0.321 e. The number of imidazole rings is 1. The van der Waals surface area contributed by atoms with Crippen molar-refractivity contribution in [3.05, 3.63) is 114 Å². The zero-order valence-electron chi connectivity index (χ0n) is 19.4. The molecule has 1 aliphatic rings. The lowest BCUT2D eigenvalue weighted by atomic mass is 9.99. The topological polar surface area (TPSA) is 102 Å². The van der Waals surface area contributed by atoms with Crippen molar-refractivity contribution in [2.75, 3.05) is 10.2 Å². The molecule has 0 saturated heterocycles. The van der Waals surface area contributed by atoms with E-state index < -0.39 is 23.9 Å². The molecule has 0 spiro atoms. The predicted octanol–water partition coefficient (Wildman–Crippen LogP) is 4.39. The van der Waals surface area contributed by atoms with Crippen molar-refractivity contribution >= 4 is 29.0 Å². The van der Waals surface area contributed by atoms with Crippen LogP contribution in [0.15, 0.2) is 90.3 Å². The third kappa shape index (κ3) is 4.72. The second-order valence-electron chi connectivity index (χ2n) is 8.35. The summed E-state index contributed by atoms with van der Waals surface area (Å²) in [6, 6.07) is 20.0. The Morgan fingerprint density at radius 3 is 2.58 bits per heavy atom. The van der Waals surface area contributed by atoms with Gasteiger partial charge in [-0.25, -0.2) is 19.2 Å². The summed E-state index contributed by atoms with van der Waals surface area (Å²) in [6.07, 6.45) is 1.84. The molecule has 180 valence electrons. The predicted molar refractivity (Wildman–Crippen MR) is 135 cm³/mol. The number of hydrogen-bond donors (Lipinski definition) is 3. The van der Waals surface area contributed by atoms with E-state index in [1.807, 2.05) is 25.1 Å². The molecular weight excluding hydrogens is 459 g/mol. The average Bonchev–Trinajstić information content (AvgIpc) is 3.35. The van der Waals surface area contributed by atoms with Crippen molar-refractivity contribution in [1.29, 1.82) is 0 Å². The Bertz CT molecular complexity index is 1450. The highest BCUT2D eigenvalue weighted by Gasteiger charge is 2.34. The molecule has 2 heterocycles. The van der Waals surface area contributed by atoms with E-state index in [-0.39, 0.29) is 17.8 Å². The number of halogens is 1. The van der Waals surface area contributed by atoms with Crippen molar-refractivity contribution in [3.63, 3.8) is 0 Å². The number of nitrogens with one attached hydrogen (secondary N) is 3. The molecule has 36 heavy (non-hydrogen) atoms. The summed E-state index contributed by atoms with van der Waals surface area (Å²) in [5.41, 5.74) is 3.85. The quantitative estimate of drug-likeness (QED) is 0.393. The first-order valence-electron chi connectivity index (χ1n) is 11.3. The molecule has 3 aromatic carbocycles. The summed E-state index contributed by atoms with van der Waals surface area (Å²) < 4.78 is 14.9. The van der Waals surface area contributed by atoms with Gasteiger partial charge >= 0.3 is 6.03 Å². The number of amides is 3. The summed E-state index contributed by atoms with van der Waals surface area (Å²) >= 11 is 0. The molecule has 3 N–H and O–H groups in total. The Morgan fingerprint density at radius 2 is 1.83 bits per heavy atom. The van der Waals surface area contributed by atoms with Gasteiger partial charge in [0, 0.05) is 23.0 Å². The molecule has 5 rings (SSSR count). The second kappa shape index (κ2) is 9.83. The van der Waals surface area contributed by atoms with E-state index in [9.17, 15) is 14.0 Å². The zero-order valence-corrected chi connectivity index (χ0v) is 19.4. The maximum atomic E-state index is 14.9. The molecule has 9 heteroatoms. The minimum atomic E-state index is -1.31.